The molecule has 0 spiro atoms. The van der Waals surface area contributed by atoms with Gasteiger partial charge in [-0.15, -0.1) is 0 Å². The second-order valence-electron chi connectivity index (χ2n) is 19.6. The van der Waals surface area contributed by atoms with E-state index in [0.717, 1.165) is 96.3 Å². The Labute approximate surface area is 437 Å². The molecule has 1 N–H and O–H groups in total. The number of hydrogen-bond donors (Lipinski definition) is 1. The van der Waals surface area contributed by atoms with Gasteiger partial charge in [0.05, 0.1) is 34.4 Å². The molecule has 0 aromatic heterocycles. The summed E-state index contributed by atoms with van der Waals surface area (Å²) in [5.41, 5.74) is 0. The summed E-state index contributed by atoms with van der Waals surface area (Å²) in [5.74, 6) is -0.337. The van der Waals surface area contributed by atoms with Crippen molar-refractivity contribution in [3.63, 3.8) is 0 Å². The lowest BCUT2D eigenvalue weighted by Crippen LogP contribution is -2.37. The molecular formula is C62H107NO7P+. The second kappa shape index (κ2) is 53.2. The van der Waals surface area contributed by atoms with Crippen LogP contribution in [-0.2, 0) is 27.9 Å². The average molecular weight is 1010 g/mol. The van der Waals surface area contributed by atoms with E-state index >= 15 is 0 Å². The highest BCUT2D eigenvalue weighted by molar-refractivity contribution is 7.47. The van der Waals surface area contributed by atoms with Gasteiger partial charge in [-0.05, 0) is 109 Å². The van der Waals surface area contributed by atoms with Crippen LogP contribution < -0.4 is 0 Å². The van der Waals surface area contributed by atoms with E-state index in [1.807, 2.05) is 21.1 Å². The Morgan fingerprint density at radius 2 is 0.817 bits per heavy atom. The number of nitrogens with zero attached hydrogens (tertiary/aromatic N) is 1. The molecule has 0 aromatic carbocycles. The number of allylic oxidation sites excluding steroid dienone is 20. The molecule has 0 saturated heterocycles. The third-order valence-corrected chi connectivity index (χ3v) is 12.5. The number of ether oxygens (including phenoxy) is 2. The van der Waals surface area contributed by atoms with E-state index in [1.54, 1.807) is 0 Å². The van der Waals surface area contributed by atoms with Gasteiger partial charge in [0.15, 0.2) is 0 Å². The summed E-state index contributed by atoms with van der Waals surface area (Å²) >= 11 is 0. The van der Waals surface area contributed by atoms with Crippen molar-refractivity contribution in [2.24, 2.45) is 0 Å². The Morgan fingerprint density at radius 1 is 0.451 bits per heavy atom. The molecule has 9 heteroatoms. The van der Waals surface area contributed by atoms with Crippen LogP contribution in [0.1, 0.15) is 206 Å². The van der Waals surface area contributed by atoms with Gasteiger partial charge in [0.2, 0.25) is 0 Å². The molecule has 0 bridgehead atoms. The number of phosphoric ester groups is 1. The summed E-state index contributed by atoms with van der Waals surface area (Å²) in [6.07, 6.45) is 76.9. The summed E-state index contributed by atoms with van der Waals surface area (Å²) in [6, 6.07) is 0. The molecule has 71 heavy (non-hydrogen) atoms. The largest absolute Gasteiger partial charge is 0.472 e. The second-order valence-corrected chi connectivity index (χ2v) is 21.0. The molecule has 2 atom stereocenters. The molecule has 0 aliphatic heterocycles. The number of hydrogen-bond acceptors (Lipinski definition) is 6. The molecule has 0 aromatic rings. The zero-order valence-electron chi connectivity index (χ0n) is 46.2. The first-order valence-electron chi connectivity index (χ1n) is 28.3. The maximum Gasteiger partial charge on any atom is 0.472 e. The highest BCUT2D eigenvalue weighted by Crippen LogP contribution is 2.43. The fraction of sp³-hybridized carbons (Fsp3) is 0.661. The van der Waals surface area contributed by atoms with Crippen LogP contribution in [-0.4, -0.2) is 75.6 Å². The molecule has 0 fully saturated rings. The van der Waals surface area contributed by atoms with Crippen LogP contribution in [0.4, 0.5) is 0 Å². The van der Waals surface area contributed by atoms with Crippen LogP contribution in [0, 0.1) is 0 Å². The highest BCUT2D eigenvalue weighted by atomic mass is 31.2. The van der Waals surface area contributed by atoms with Crippen molar-refractivity contribution in [2.45, 2.75) is 213 Å². The van der Waals surface area contributed by atoms with Crippen molar-refractivity contribution < 1.29 is 37.3 Å². The number of carbonyl (C=O) groups excluding carboxylic acids is 1. The zero-order chi connectivity index (χ0) is 51.9. The van der Waals surface area contributed by atoms with Gasteiger partial charge in [0, 0.05) is 13.0 Å². The topological polar surface area (TPSA) is 91.3 Å². The van der Waals surface area contributed by atoms with Crippen molar-refractivity contribution in [3.8, 4) is 0 Å². The first kappa shape index (κ1) is 67.9. The number of unbranched alkanes of at least 4 members (excludes halogenated alkanes) is 17. The van der Waals surface area contributed by atoms with Crippen LogP contribution in [0.3, 0.4) is 0 Å². The van der Waals surface area contributed by atoms with Crippen molar-refractivity contribution in [3.05, 3.63) is 122 Å². The zero-order valence-corrected chi connectivity index (χ0v) is 47.1. The molecule has 0 amide bonds. The van der Waals surface area contributed by atoms with Crippen molar-refractivity contribution in [1.29, 1.82) is 0 Å². The van der Waals surface area contributed by atoms with Gasteiger partial charge >= 0.3 is 13.8 Å². The minimum absolute atomic E-state index is 0.0719. The van der Waals surface area contributed by atoms with E-state index in [0.29, 0.717) is 24.1 Å². The lowest BCUT2D eigenvalue weighted by atomic mass is 10.0. The summed E-state index contributed by atoms with van der Waals surface area (Å²) in [5, 5.41) is 0. The molecule has 406 valence electrons. The van der Waals surface area contributed by atoms with Crippen LogP contribution >= 0.6 is 7.82 Å². The highest BCUT2D eigenvalue weighted by Gasteiger charge is 2.26. The van der Waals surface area contributed by atoms with Crippen molar-refractivity contribution in [2.75, 3.05) is 54.1 Å². The molecule has 0 heterocycles. The predicted octanol–water partition coefficient (Wildman–Crippen LogP) is 18.1. The normalized spacial score (nSPS) is 14.4. The van der Waals surface area contributed by atoms with E-state index in [2.05, 4.69) is 135 Å². The Balaban J connectivity index is 4.23. The third-order valence-electron chi connectivity index (χ3n) is 11.5. The number of likely N-dealkylation sites (N-methyl/N-ethyl adjacent to an activating group) is 1. The maximum atomic E-state index is 12.8. The standard InChI is InChI=1S/C62H106NO7P/c1-6-8-10-12-14-16-18-20-22-24-26-28-30-32-33-35-37-39-41-43-45-47-49-51-53-55-62(64)70-61(60-69-71(65,66)68-58-56-63(3,4)5)59-67-57-54-52-50-48-46-44-42-40-38-36-34-31-29-27-25-23-21-19-17-15-13-11-9-7-2/h9,11,15,17-18,20-21,23-24,26-27,29-30,32,34,36,40,42,46,48,61H,6-8,10,12-14,16,19,22,25,28,31,33,35,37-39,41,43-45,47,49-60H2,1-5H3/p+1/b11-9-,17-15-,20-18-,23-21-,26-24-,29-27-,32-30-,36-34-,42-40-,48-46-. The van der Waals surface area contributed by atoms with Crippen molar-refractivity contribution >= 4 is 13.8 Å². The number of quaternary nitrogens is 1. The van der Waals surface area contributed by atoms with E-state index < -0.39 is 13.9 Å². The Hall–Kier alpha value is -3.10. The molecule has 0 radical (unpaired) electrons. The van der Waals surface area contributed by atoms with Gasteiger partial charge in [0.25, 0.3) is 0 Å². The van der Waals surface area contributed by atoms with Gasteiger partial charge in [-0.3, -0.25) is 13.8 Å². The van der Waals surface area contributed by atoms with Crippen LogP contribution in [0.2, 0.25) is 0 Å². The smallest absolute Gasteiger partial charge is 0.457 e. The molecule has 0 aliphatic carbocycles. The van der Waals surface area contributed by atoms with Crippen LogP contribution in [0.5, 0.6) is 0 Å². The van der Waals surface area contributed by atoms with E-state index in [9.17, 15) is 14.3 Å². The molecular weight excluding hydrogens is 902 g/mol. The number of esters is 1. The SMILES string of the molecule is CC/C=C\C/C=C\C/C=C\C/C=C\C/C=C\C/C=C\C/C=C\CCCCOCC(COP(=O)(O)OCC[N+](C)(C)C)OC(=O)CCCCCCCCCCCC/C=C\C/C=C\C/C=C\CCCCCCC. The monoisotopic (exact) mass is 1010 g/mol. The van der Waals surface area contributed by atoms with Crippen molar-refractivity contribution in [1.82, 2.24) is 0 Å². The molecule has 0 rings (SSSR count). The summed E-state index contributed by atoms with van der Waals surface area (Å²) in [4.78, 5) is 23.1. The fourth-order valence-corrected chi connectivity index (χ4v) is 7.93. The quantitative estimate of drug-likeness (QED) is 0.0213. The minimum atomic E-state index is -4.31. The maximum absolute atomic E-state index is 12.8. The molecule has 2 unspecified atom stereocenters. The third kappa shape index (κ3) is 57.7. The number of phosphoric acid groups is 1. The molecule has 0 saturated carbocycles. The van der Waals surface area contributed by atoms with E-state index in [4.69, 9.17) is 18.5 Å². The lowest BCUT2D eigenvalue weighted by Gasteiger charge is -2.24. The number of carbonyl (C=O) groups is 1. The van der Waals surface area contributed by atoms with Gasteiger partial charge in [-0.2, -0.15) is 0 Å². The number of rotatable bonds is 51. The average Bonchev–Trinajstić information content (AvgIpc) is 3.33. The van der Waals surface area contributed by atoms with E-state index in [-0.39, 0.29) is 25.8 Å². The first-order valence-corrected chi connectivity index (χ1v) is 29.8. The van der Waals surface area contributed by atoms with Crippen LogP contribution in [0.25, 0.3) is 0 Å². The molecule has 8 nitrogen and oxygen atoms in total. The minimum Gasteiger partial charge on any atom is -0.457 e. The van der Waals surface area contributed by atoms with Gasteiger partial charge in [0.1, 0.15) is 19.3 Å². The molecule has 0 aliphatic rings. The fourth-order valence-electron chi connectivity index (χ4n) is 7.19. The Morgan fingerprint density at radius 3 is 1.23 bits per heavy atom. The lowest BCUT2D eigenvalue weighted by molar-refractivity contribution is -0.870. The van der Waals surface area contributed by atoms with Gasteiger partial charge < -0.3 is 18.9 Å². The summed E-state index contributed by atoms with van der Waals surface area (Å²) in [7, 11) is 1.62. The van der Waals surface area contributed by atoms with Gasteiger partial charge in [-0.25, -0.2) is 4.57 Å². The summed E-state index contributed by atoms with van der Waals surface area (Å²) in [6.45, 7) is 5.36. The van der Waals surface area contributed by atoms with E-state index in [1.165, 1.54) is 89.9 Å². The van der Waals surface area contributed by atoms with Gasteiger partial charge in [-0.1, -0.05) is 212 Å². The van der Waals surface area contributed by atoms with Crippen LogP contribution in [0.15, 0.2) is 122 Å². The predicted molar refractivity (Wildman–Crippen MR) is 307 cm³/mol. The Bertz CT molecular complexity index is 1550. The first-order chi connectivity index (χ1) is 34.6. The summed E-state index contributed by atoms with van der Waals surface area (Å²) < 4.78 is 35.2. The Kier molecular flexibility index (Phi) is 50.9.